The number of esters is 1. The number of halogens is 1. The standard InChI is InChI=1S/C25H32N4O4S.BrH/c30-22(28-24-26-11-5-12-27-24)17-29-13-9-18(10-14-29)20(16-29)33-23(31)25(32,21-8-4-15-34-21)19-6-2-1-3-7-19;/h4-5,8,11-12,15,18-20,32H,1-3,6-7,9-10,13-14,16-17H2;1H/t18?,20?,25-,29?;/m0./s1. The highest BCUT2D eigenvalue weighted by atomic mass is 79.9. The quantitative estimate of drug-likeness (QED) is 0.365. The van der Waals surface area contributed by atoms with Crippen LogP contribution in [0.2, 0.25) is 0 Å². The Hall–Kier alpha value is -1.88. The molecular formula is C25H33BrN4O4S. The van der Waals surface area contributed by atoms with Crippen LogP contribution in [0.15, 0.2) is 36.0 Å². The molecule has 5 heterocycles. The number of rotatable bonds is 7. The van der Waals surface area contributed by atoms with Gasteiger partial charge in [0.1, 0.15) is 6.54 Å². The van der Waals surface area contributed by atoms with Gasteiger partial charge in [-0.25, -0.2) is 14.8 Å². The zero-order chi connectivity index (χ0) is 23.6. The molecule has 1 saturated carbocycles. The average molecular weight is 566 g/mol. The number of hydrogen-bond donors (Lipinski definition) is 2. The number of fused-ring (bicyclic) bond motifs is 3. The van der Waals surface area contributed by atoms with Crippen molar-refractivity contribution in [3.8, 4) is 0 Å². The lowest BCUT2D eigenvalue weighted by Gasteiger charge is -2.52. The van der Waals surface area contributed by atoms with Gasteiger partial charge in [-0.15, -0.1) is 11.3 Å². The van der Waals surface area contributed by atoms with Crippen LogP contribution in [0, 0.1) is 11.8 Å². The SMILES string of the molecule is O=C(C[N+]12CCC(CC1)C(OC(=O)[C@@](O)(c1cccs1)C1CCCCC1)C2)Nc1ncccn1.[Br-]. The molecule has 1 amide bonds. The molecule has 3 saturated heterocycles. The van der Waals surface area contributed by atoms with Gasteiger partial charge in [0, 0.05) is 41.9 Å². The average Bonchev–Trinajstić information content (AvgIpc) is 3.40. The maximum absolute atomic E-state index is 13.6. The number of anilines is 1. The minimum absolute atomic E-state index is 0. The number of aliphatic hydroxyl groups is 1. The van der Waals surface area contributed by atoms with E-state index in [0.717, 1.165) is 58.0 Å². The van der Waals surface area contributed by atoms with Crippen molar-refractivity contribution in [2.75, 3.05) is 31.5 Å². The lowest BCUT2D eigenvalue weighted by atomic mass is 9.75. The van der Waals surface area contributed by atoms with Gasteiger partial charge in [0.25, 0.3) is 5.91 Å². The van der Waals surface area contributed by atoms with Crippen molar-refractivity contribution in [1.82, 2.24) is 9.97 Å². The minimum atomic E-state index is -1.59. The molecule has 2 aromatic heterocycles. The molecule has 4 aliphatic rings. The second kappa shape index (κ2) is 11.0. The van der Waals surface area contributed by atoms with E-state index in [1.165, 1.54) is 11.3 Å². The van der Waals surface area contributed by atoms with Crippen LogP contribution in [-0.2, 0) is 19.9 Å². The molecule has 0 radical (unpaired) electrons. The monoisotopic (exact) mass is 564 g/mol. The Kier molecular flexibility index (Phi) is 8.25. The number of carbonyl (C=O) groups is 2. The molecule has 1 unspecified atom stereocenters. The van der Waals surface area contributed by atoms with Crippen molar-refractivity contribution in [1.29, 1.82) is 0 Å². The Bertz CT molecular complexity index is 994. The minimum Gasteiger partial charge on any atom is -1.00 e. The summed E-state index contributed by atoms with van der Waals surface area (Å²) in [6, 6.07) is 5.43. The number of amides is 1. The highest BCUT2D eigenvalue weighted by Gasteiger charge is 2.53. The summed E-state index contributed by atoms with van der Waals surface area (Å²) in [5, 5.41) is 16.5. The number of nitrogens with zero attached hydrogens (tertiary/aromatic N) is 3. The highest BCUT2D eigenvalue weighted by Crippen LogP contribution is 2.43. The predicted octanol–water partition coefficient (Wildman–Crippen LogP) is 0.101. The second-order valence-corrected chi connectivity index (χ2v) is 11.1. The van der Waals surface area contributed by atoms with Crippen LogP contribution < -0.4 is 22.3 Å². The van der Waals surface area contributed by atoms with Crippen LogP contribution in [0.25, 0.3) is 0 Å². The summed E-state index contributed by atoms with van der Waals surface area (Å²) in [6.45, 7) is 2.68. The Morgan fingerprint density at radius 3 is 2.49 bits per heavy atom. The van der Waals surface area contributed by atoms with Crippen LogP contribution in [-0.4, -0.2) is 63.7 Å². The Morgan fingerprint density at radius 1 is 1.11 bits per heavy atom. The normalized spacial score (nSPS) is 27.9. The second-order valence-electron chi connectivity index (χ2n) is 10.1. The summed E-state index contributed by atoms with van der Waals surface area (Å²) >= 11 is 1.42. The highest BCUT2D eigenvalue weighted by molar-refractivity contribution is 7.10. The zero-order valence-corrected chi connectivity index (χ0v) is 22.2. The molecule has 3 aliphatic heterocycles. The summed E-state index contributed by atoms with van der Waals surface area (Å²) in [7, 11) is 0. The van der Waals surface area contributed by atoms with Gasteiger partial charge in [0.15, 0.2) is 18.2 Å². The van der Waals surface area contributed by atoms with Crippen molar-refractivity contribution < 1.29 is 40.9 Å². The third-order valence-electron chi connectivity index (χ3n) is 8.00. The van der Waals surface area contributed by atoms with Gasteiger partial charge < -0.3 is 31.3 Å². The molecule has 10 heteroatoms. The van der Waals surface area contributed by atoms with Crippen molar-refractivity contribution in [2.45, 2.75) is 56.7 Å². The van der Waals surface area contributed by atoms with E-state index in [9.17, 15) is 14.7 Å². The maximum Gasteiger partial charge on any atom is 0.344 e. The van der Waals surface area contributed by atoms with E-state index >= 15 is 0 Å². The first kappa shape index (κ1) is 26.2. The Balaban J connectivity index is 0.00000289. The molecular weight excluding hydrogens is 532 g/mol. The topological polar surface area (TPSA) is 101 Å². The summed E-state index contributed by atoms with van der Waals surface area (Å²) in [6.07, 6.45) is 9.59. The summed E-state index contributed by atoms with van der Waals surface area (Å²) in [5.41, 5.74) is -1.59. The number of hydrogen-bond acceptors (Lipinski definition) is 7. The van der Waals surface area contributed by atoms with Crippen LogP contribution >= 0.6 is 11.3 Å². The predicted molar refractivity (Wildman–Crippen MR) is 128 cm³/mol. The fourth-order valence-electron chi connectivity index (χ4n) is 6.12. The molecule has 1 aliphatic carbocycles. The van der Waals surface area contributed by atoms with Gasteiger partial charge in [0.05, 0.1) is 13.1 Å². The van der Waals surface area contributed by atoms with Crippen LogP contribution in [0.3, 0.4) is 0 Å². The van der Waals surface area contributed by atoms with Crippen LogP contribution in [0.1, 0.15) is 49.8 Å². The van der Waals surface area contributed by atoms with Crippen LogP contribution in [0.4, 0.5) is 5.95 Å². The molecule has 2 aromatic rings. The summed E-state index contributed by atoms with van der Waals surface area (Å²) in [5.74, 6) is -0.180. The fraction of sp³-hybridized carbons (Fsp3) is 0.600. The van der Waals surface area contributed by atoms with E-state index in [1.807, 2.05) is 17.5 Å². The fourth-order valence-corrected chi connectivity index (χ4v) is 7.01. The molecule has 2 N–H and O–H groups in total. The van der Waals surface area contributed by atoms with Crippen molar-refractivity contribution in [3.05, 3.63) is 40.8 Å². The van der Waals surface area contributed by atoms with E-state index in [0.29, 0.717) is 28.4 Å². The molecule has 6 rings (SSSR count). The van der Waals surface area contributed by atoms with Crippen molar-refractivity contribution in [3.63, 3.8) is 0 Å². The van der Waals surface area contributed by atoms with E-state index in [-0.39, 0.29) is 40.8 Å². The molecule has 2 atom stereocenters. The first-order valence-corrected chi connectivity index (χ1v) is 13.3. The largest absolute Gasteiger partial charge is 1.00 e. The van der Waals surface area contributed by atoms with Gasteiger partial charge in [-0.1, -0.05) is 25.3 Å². The van der Waals surface area contributed by atoms with Gasteiger partial charge in [-0.3, -0.25) is 10.1 Å². The number of ether oxygens (including phenoxy) is 1. The number of piperidine rings is 3. The summed E-state index contributed by atoms with van der Waals surface area (Å²) < 4.78 is 6.73. The van der Waals surface area contributed by atoms with Gasteiger partial charge in [-0.2, -0.15) is 0 Å². The first-order valence-electron chi connectivity index (χ1n) is 12.4. The van der Waals surface area contributed by atoms with Crippen LogP contribution in [0.5, 0.6) is 0 Å². The van der Waals surface area contributed by atoms with Gasteiger partial charge in [0.2, 0.25) is 5.95 Å². The Morgan fingerprint density at radius 2 is 1.83 bits per heavy atom. The molecule has 8 nitrogen and oxygen atoms in total. The Labute approximate surface area is 220 Å². The number of nitrogens with one attached hydrogen (secondary N) is 1. The third-order valence-corrected chi connectivity index (χ3v) is 8.99. The van der Waals surface area contributed by atoms with E-state index < -0.39 is 11.6 Å². The first-order chi connectivity index (χ1) is 16.5. The molecule has 35 heavy (non-hydrogen) atoms. The van der Waals surface area contributed by atoms with Crippen molar-refractivity contribution >= 4 is 29.2 Å². The smallest absolute Gasteiger partial charge is 0.344 e. The van der Waals surface area contributed by atoms with E-state index in [2.05, 4.69) is 15.3 Å². The van der Waals surface area contributed by atoms with E-state index in [1.54, 1.807) is 18.5 Å². The van der Waals surface area contributed by atoms with Gasteiger partial charge >= 0.3 is 5.97 Å². The molecule has 0 aromatic carbocycles. The number of quaternary nitrogens is 1. The molecule has 0 spiro atoms. The molecule has 2 bridgehead atoms. The zero-order valence-electron chi connectivity index (χ0n) is 19.8. The maximum atomic E-state index is 13.6. The lowest BCUT2D eigenvalue weighted by Crippen LogP contribution is -3.00. The number of aromatic nitrogens is 2. The summed E-state index contributed by atoms with van der Waals surface area (Å²) in [4.78, 5) is 35.2. The van der Waals surface area contributed by atoms with Crippen molar-refractivity contribution in [2.24, 2.45) is 11.8 Å². The molecule has 190 valence electrons. The lowest BCUT2D eigenvalue weighted by molar-refractivity contribution is -0.939. The van der Waals surface area contributed by atoms with Gasteiger partial charge in [-0.05, 0) is 30.4 Å². The third kappa shape index (κ3) is 5.45. The molecule has 4 fully saturated rings. The number of thiophene rings is 1. The number of carbonyl (C=O) groups excluding carboxylic acids is 2. The van der Waals surface area contributed by atoms with E-state index in [4.69, 9.17) is 4.74 Å².